The Balaban J connectivity index is 0.00000220. The van der Waals surface area contributed by atoms with Gasteiger partial charge in [0.1, 0.15) is 12.4 Å². The lowest BCUT2D eigenvalue weighted by molar-refractivity contribution is -0.122. The van der Waals surface area contributed by atoms with E-state index in [1.54, 1.807) is 0 Å². The second-order valence-corrected chi connectivity index (χ2v) is 4.89. The standard InChI is InChI=1S/C15H22N2O3.ClH/c1-12-4-2-3-5-14(12)20-9-7-17-15(18)10-13-11-19-8-6-16-13;/h2-5,13,16H,6-11H2,1H3,(H,17,18);1H. The third-order valence-corrected chi connectivity index (χ3v) is 3.21. The van der Waals surface area contributed by atoms with Crippen molar-refractivity contribution in [1.29, 1.82) is 0 Å². The Morgan fingerprint density at radius 3 is 3.00 bits per heavy atom. The van der Waals surface area contributed by atoms with Crippen molar-refractivity contribution in [2.75, 3.05) is 32.9 Å². The van der Waals surface area contributed by atoms with Crippen molar-refractivity contribution in [1.82, 2.24) is 10.6 Å². The molecule has 1 amide bonds. The first-order valence-electron chi connectivity index (χ1n) is 7.02. The quantitative estimate of drug-likeness (QED) is 0.777. The molecule has 0 saturated carbocycles. The molecule has 2 N–H and O–H groups in total. The van der Waals surface area contributed by atoms with Gasteiger partial charge in [-0.3, -0.25) is 4.79 Å². The van der Waals surface area contributed by atoms with E-state index >= 15 is 0 Å². The summed E-state index contributed by atoms with van der Waals surface area (Å²) in [4.78, 5) is 11.7. The number of hydrogen-bond acceptors (Lipinski definition) is 4. The van der Waals surface area contributed by atoms with E-state index in [2.05, 4.69) is 10.6 Å². The number of aryl methyl sites for hydroxylation is 1. The van der Waals surface area contributed by atoms with Crippen LogP contribution in [0.1, 0.15) is 12.0 Å². The van der Waals surface area contributed by atoms with Crippen molar-refractivity contribution in [3.8, 4) is 5.75 Å². The fourth-order valence-corrected chi connectivity index (χ4v) is 2.12. The smallest absolute Gasteiger partial charge is 0.221 e. The number of carbonyl (C=O) groups excluding carboxylic acids is 1. The van der Waals surface area contributed by atoms with Gasteiger partial charge in [0.25, 0.3) is 0 Å². The molecule has 2 rings (SSSR count). The number of hydrogen-bond donors (Lipinski definition) is 2. The Morgan fingerprint density at radius 2 is 2.29 bits per heavy atom. The van der Waals surface area contributed by atoms with Crippen LogP contribution in [-0.2, 0) is 9.53 Å². The molecule has 1 heterocycles. The van der Waals surface area contributed by atoms with Crippen LogP contribution < -0.4 is 15.4 Å². The van der Waals surface area contributed by atoms with E-state index in [4.69, 9.17) is 9.47 Å². The molecule has 0 aromatic heterocycles. The second-order valence-electron chi connectivity index (χ2n) is 4.89. The molecule has 1 aliphatic rings. The van der Waals surface area contributed by atoms with Gasteiger partial charge in [-0.2, -0.15) is 0 Å². The van der Waals surface area contributed by atoms with E-state index in [-0.39, 0.29) is 24.4 Å². The van der Waals surface area contributed by atoms with Gasteiger partial charge in [-0.1, -0.05) is 18.2 Å². The zero-order valence-corrected chi connectivity index (χ0v) is 13.1. The Bertz CT molecular complexity index is 437. The Hall–Kier alpha value is -1.30. The number of para-hydroxylation sites is 1. The molecule has 21 heavy (non-hydrogen) atoms. The summed E-state index contributed by atoms with van der Waals surface area (Å²) in [6.45, 7) is 5.14. The number of morpholine rings is 1. The summed E-state index contributed by atoms with van der Waals surface area (Å²) in [7, 11) is 0. The molecule has 1 saturated heterocycles. The van der Waals surface area contributed by atoms with Crippen LogP contribution in [0.5, 0.6) is 5.75 Å². The summed E-state index contributed by atoms with van der Waals surface area (Å²) in [5.41, 5.74) is 1.10. The maximum Gasteiger partial charge on any atom is 0.221 e. The predicted octanol–water partition coefficient (Wildman–Crippen LogP) is 1.29. The minimum atomic E-state index is 0. The predicted molar refractivity (Wildman–Crippen MR) is 84.2 cm³/mol. The number of ether oxygens (including phenoxy) is 2. The molecule has 0 spiro atoms. The maximum absolute atomic E-state index is 11.7. The zero-order valence-electron chi connectivity index (χ0n) is 12.3. The minimum absolute atomic E-state index is 0. The Morgan fingerprint density at radius 1 is 1.48 bits per heavy atom. The maximum atomic E-state index is 11.7. The average Bonchev–Trinajstić information content (AvgIpc) is 2.46. The van der Waals surface area contributed by atoms with Crippen molar-refractivity contribution in [2.24, 2.45) is 0 Å². The number of nitrogens with one attached hydrogen (secondary N) is 2. The first-order valence-corrected chi connectivity index (χ1v) is 7.02. The van der Waals surface area contributed by atoms with Crippen LogP contribution in [0.4, 0.5) is 0 Å². The van der Waals surface area contributed by atoms with Crippen LogP contribution in [0, 0.1) is 6.92 Å². The number of halogens is 1. The molecule has 1 fully saturated rings. The van der Waals surface area contributed by atoms with Crippen LogP contribution in [0.25, 0.3) is 0 Å². The molecule has 0 aliphatic carbocycles. The van der Waals surface area contributed by atoms with Gasteiger partial charge in [-0.15, -0.1) is 12.4 Å². The topological polar surface area (TPSA) is 59.6 Å². The van der Waals surface area contributed by atoms with Gasteiger partial charge in [0.15, 0.2) is 0 Å². The first kappa shape index (κ1) is 17.8. The summed E-state index contributed by atoms with van der Waals surface area (Å²) in [5.74, 6) is 0.894. The van der Waals surface area contributed by atoms with Crippen LogP contribution in [-0.4, -0.2) is 44.9 Å². The van der Waals surface area contributed by atoms with Gasteiger partial charge >= 0.3 is 0 Å². The van der Waals surface area contributed by atoms with Gasteiger partial charge in [-0.25, -0.2) is 0 Å². The first-order chi connectivity index (χ1) is 9.75. The van der Waals surface area contributed by atoms with E-state index in [9.17, 15) is 4.79 Å². The monoisotopic (exact) mass is 314 g/mol. The van der Waals surface area contributed by atoms with Crippen LogP contribution in [0.2, 0.25) is 0 Å². The fraction of sp³-hybridized carbons (Fsp3) is 0.533. The van der Waals surface area contributed by atoms with Gasteiger partial charge in [0.2, 0.25) is 5.91 Å². The SMILES string of the molecule is Cc1ccccc1OCCNC(=O)CC1COCCN1.Cl. The summed E-state index contributed by atoms with van der Waals surface area (Å²) in [6.07, 6.45) is 0.449. The molecular weight excluding hydrogens is 292 g/mol. The van der Waals surface area contributed by atoms with Crippen molar-refractivity contribution >= 4 is 18.3 Å². The van der Waals surface area contributed by atoms with Gasteiger partial charge in [-0.05, 0) is 18.6 Å². The number of rotatable bonds is 6. The molecule has 5 nitrogen and oxygen atoms in total. The number of carbonyl (C=O) groups is 1. The highest BCUT2D eigenvalue weighted by Crippen LogP contribution is 2.15. The van der Waals surface area contributed by atoms with Crippen molar-refractivity contribution in [3.05, 3.63) is 29.8 Å². The largest absolute Gasteiger partial charge is 0.491 e. The molecule has 0 bridgehead atoms. The normalized spacial score (nSPS) is 17.7. The molecule has 6 heteroatoms. The van der Waals surface area contributed by atoms with Crippen LogP contribution in [0.15, 0.2) is 24.3 Å². The third-order valence-electron chi connectivity index (χ3n) is 3.21. The molecule has 1 unspecified atom stereocenters. The molecule has 1 atom stereocenters. The summed E-state index contributed by atoms with van der Waals surface area (Å²) < 4.78 is 10.9. The highest BCUT2D eigenvalue weighted by molar-refractivity contribution is 5.85. The van der Waals surface area contributed by atoms with Gasteiger partial charge < -0.3 is 20.1 Å². The van der Waals surface area contributed by atoms with Crippen molar-refractivity contribution < 1.29 is 14.3 Å². The lowest BCUT2D eigenvalue weighted by Gasteiger charge is -2.23. The Labute approximate surface area is 131 Å². The van der Waals surface area contributed by atoms with E-state index in [1.165, 1.54) is 0 Å². The lowest BCUT2D eigenvalue weighted by Crippen LogP contribution is -2.44. The molecule has 118 valence electrons. The summed E-state index contributed by atoms with van der Waals surface area (Å²) in [6, 6.07) is 7.98. The molecule has 1 aliphatic heterocycles. The minimum Gasteiger partial charge on any atom is -0.491 e. The van der Waals surface area contributed by atoms with E-state index < -0.39 is 0 Å². The lowest BCUT2D eigenvalue weighted by atomic mass is 10.2. The van der Waals surface area contributed by atoms with Crippen LogP contribution >= 0.6 is 12.4 Å². The zero-order chi connectivity index (χ0) is 14.2. The van der Waals surface area contributed by atoms with Crippen LogP contribution in [0.3, 0.4) is 0 Å². The Kier molecular flexibility index (Phi) is 8.12. The average molecular weight is 315 g/mol. The summed E-state index contributed by atoms with van der Waals surface area (Å²) in [5, 5.41) is 6.12. The van der Waals surface area contributed by atoms with Gasteiger partial charge in [0.05, 0.1) is 19.8 Å². The third kappa shape index (κ3) is 6.33. The summed E-state index contributed by atoms with van der Waals surface area (Å²) >= 11 is 0. The van der Waals surface area contributed by atoms with E-state index in [1.807, 2.05) is 31.2 Å². The van der Waals surface area contributed by atoms with Gasteiger partial charge in [0, 0.05) is 19.0 Å². The highest BCUT2D eigenvalue weighted by Gasteiger charge is 2.16. The van der Waals surface area contributed by atoms with E-state index in [0.717, 1.165) is 24.5 Å². The van der Waals surface area contributed by atoms with Crippen molar-refractivity contribution in [3.63, 3.8) is 0 Å². The number of benzene rings is 1. The molecular formula is C15H23ClN2O3. The molecule has 1 aromatic rings. The van der Waals surface area contributed by atoms with E-state index in [0.29, 0.717) is 26.2 Å². The fourth-order valence-electron chi connectivity index (χ4n) is 2.12. The number of amides is 1. The molecule has 1 aromatic carbocycles. The van der Waals surface area contributed by atoms with Crippen molar-refractivity contribution in [2.45, 2.75) is 19.4 Å². The highest BCUT2D eigenvalue weighted by atomic mass is 35.5. The molecule has 0 radical (unpaired) electrons. The second kappa shape index (κ2) is 9.60.